The number of hydrogen-bond donors (Lipinski definition) is 4. The molecule has 6 N–H and O–H groups in total. The Kier molecular flexibility index (Phi) is 6.06. The largest absolute Gasteiger partial charge is 0.341 e. The summed E-state index contributed by atoms with van der Waals surface area (Å²) in [6, 6.07) is -0.971. The second-order valence-corrected chi connectivity index (χ2v) is 8.98. The van der Waals surface area contributed by atoms with Crippen LogP contribution in [0.3, 0.4) is 0 Å². The summed E-state index contributed by atoms with van der Waals surface area (Å²) in [6.45, 7) is 3.03. The summed E-state index contributed by atoms with van der Waals surface area (Å²) >= 11 is 0. The summed E-state index contributed by atoms with van der Waals surface area (Å²) < 4.78 is 25.0. The molecule has 1 saturated carbocycles. The molecule has 1 heterocycles. The van der Waals surface area contributed by atoms with Gasteiger partial charge >= 0.3 is 0 Å². The van der Waals surface area contributed by atoms with E-state index in [9.17, 15) is 18.0 Å². The van der Waals surface area contributed by atoms with Crippen LogP contribution in [0.5, 0.6) is 0 Å². The molecule has 3 unspecified atom stereocenters. The van der Waals surface area contributed by atoms with Crippen LogP contribution >= 0.6 is 0 Å². The Morgan fingerprint density at radius 3 is 2.58 bits per heavy atom. The molecule has 2 rings (SSSR count). The summed E-state index contributed by atoms with van der Waals surface area (Å²) in [4.78, 5) is 27.3. The SMILES string of the molecule is C[C@H](NS(C)(=O)=O)C(=O)C1[C@H](C(=O)N(C)C2CCCNC2)C1(N)C=NN. The minimum atomic E-state index is -3.57. The monoisotopic (exact) mass is 388 g/mol. The average Bonchev–Trinajstić information content (AvgIpc) is 3.17. The first-order valence-electron chi connectivity index (χ1n) is 8.54. The highest BCUT2D eigenvalue weighted by molar-refractivity contribution is 7.88. The van der Waals surface area contributed by atoms with E-state index in [1.54, 1.807) is 11.9 Å². The molecule has 2 fully saturated rings. The van der Waals surface area contributed by atoms with E-state index in [0.717, 1.165) is 25.6 Å². The van der Waals surface area contributed by atoms with Gasteiger partial charge in [0.15, 0.2) is 5.78 Å². The lowest BCUT2D eigenvalue weighted by Gasteiger charge is -2.32. The topological polar surface area (TPSA) is 160 Å². The highest BCUT2D eigenvalue weighted by atomic mass is 32.2. The number of rotatable bonds is 7. The van der Waals surface area contributed by atoms with Gasteiger partial charge in [-0.3, -0.25) is 9.59 Å². The van der Waals surface area contributed by atoms with Gasteiger partial charge < -0.3 is 21.8 Å². The third-order valence-electron chi connectivity index (χ3n) is 5.16. The molecule has 1 amide bonds. The van der Waals surface area contributed by atoms with Crippen molar-refractivity contribution in [2.24, 2.45) is 28.5 Å². The number of hydrogen-bond acceptors (Lipinski definition) is 8. The van der Waals surface area contributed by atoms with E-state index in [4.69, 9.17) is 11.6 Å². The molecule has 0 aromatic rings. The standard InChI is InChI=1S/C15H28N6O4S/c1-9(20-26(3,24)25)13(22)11-12(15(11,16)8-19-17)14(23)21(2)10-5-4-6-18-7-10/h8-12,18,20H,4-7,16-17H2,1-3H3/t9-,10?,11?,12+,15?/m0/s1. The van der Waals surface area contributed by atoms with Gasteiger partial charge in [0.25, 0.3) is 0 Å². The lowest BCUT2D eigenvalue weighted by molar-refractivity contribution is -0.135. The number of Topliss-reactive ketones (excluding diaryl/α,β-unsaturated/α-hetero) is 1. The van der Waals surface area contributed by atoms with Gasteiger partial charge in [-0.2, -0.15) is 5.10 Å². The molecule has 5 atom stereocenters. The fourth-order valence-electron chi connectivity index (χ4n) is 3.70. The molecule has 148 valence electrons. The number of likely N-dealkylation sites (N-methyl/N-ethyl adjacent to an activating group) is 1. The number of carbonyl (C=O) groups excluding carboxylic acids is 2. The van der Waals surface area contributed by atoms with Crippen molar-refractivity contribution in [3.05, 3.63) is 0 Å². The first-order valence-corrected chi connectivity index (χ1v) is 10.4. The third kappa shape index (κ3) is 4.22. The lowest BCUT2D eigenvalue weighted by atomic mass is 10.0. The Bertz CT molecular complexity index is 690. The number of nitrogens with one attached hydrogen (secondary N) is 2. The van der Waals surface area contributed by atoms with Gasteiger partial charge in [0.2, 0.25) is 15.9 Å². The molecule has 0 aromatic carbocycles. The second kappa shape index (κ2) is 7.59. The predicted octanol–water partition coefficient (Wildman–Crippen LogP) is -2.41. The van der Waals surface area contributed by atoms with Crippen LogP contribution < -0.4 is 21.6 Å². The summed E-state index contributed by atoms with van der Waals surface area (Å²) in [7, 11) is -1.88. The fourth-order valence-corrected chi connectivity index (χ4v) is 4.45. The van der Waals surface area contributed by atoms with Crippen molar-refractivity contribution < 1.29 is 18.0 Å². The maximum atomic E-state index is 12.9. The van der Waals surface area contributed by atoms with Gasteiger partial charge in [-0.15, -0.1) is 0 Å². The average molecular weight is 388 g/mol. The van der Waals surface area contributed by atoms with Crippen LogP contribution in [-0.2, 0) is 19.6 Å². The molecule has 1 aliphatic heterocycles. The van der Waals surface area contributed by atoms with Crippen molar-refractivity contribution in [2.75, 3.05) is 26.4 Å². The van der Waals surface area contributed by atoms with Gasteiger partial charge in [0, 0.05) is 25.8 Å². The third-order valence-corrected chi connectivity index (χ3v) is 5.94. The van der Waals surface area contributed by atoms with Crippen LogP contribution in [0, 0.1) is 11.8 Å². The number of piperidine rings is 1. The van der Waals surface area contributed by atoms with E-state index in [0.29, 0.717) is 6.54 Å². The van der Waals surface area contributed by atoms with E-state index in [2.05, 4.69) is 15.1 Å². The highest BCUT2D eigenvalue weighted by Crippen LogP contribution is 2.49. The molecule has 1 aliphatic carbocycles. The van der Waals surface area contributed by atoms with E-state index in [1.807, 2.05) is 0 Å². The van der Waals surface area contributed by atoms with Gasteiger partial charge in [-0.25, -0.2) is 13.1 Å². The molecular weight excluding hydrogens is 360 g/mol. The molecule has 1 saturated heterocycles. The van der Waals surface area contributed by atoms with Gasteiger partial charge in [-0.05, 0) is 26.3 Å². The number of sulfonamides is 1. The Morgan fingerprint density at radius 1 is 1.42 bits per heavy atom. The number of ketones is 1. The Labute approximate surface area is 153 Å². The predicted molar refractivity (Wildman–Crippen MR) is 97.7 cm³/mol. The second-order valence-electron chi connectivity index (χ2n) is 7.20. The molecule has 11 heteroatoms. The molecule has 2 aliphatic rings. The van der Waals surface area contributed by atoms with Gasteiger partial charge in [-0.1, -0.05) is 0 Å². The van der Waals surface area contributed by atoms with Crippen molar-refractivity contribution in [3.63, 3.8) is 0 Å². The van der Waals surface area contributed by atoms with Crippen molar-refractivity contribution in [2.45, 2.75) is 37.4 Å². The smallest absolute Gasteiger partial charge is 0.228 e. The van der Waals surface area contributed by atoms with Gasteiger partial charge in [0.1, 0.15) is 0 Å². The highest BCUT2D eigenvalue weighted by Gasteiger charge is 2.69. The number of amides is 1. The Balaban J connectivity index is 2.17. The molecule has 0 radical (unpaired) electrons. The van der Waals surface area contributed by atoms with E-state index >= 15 is 0 Å². The van der Waals surface area contributed by atoms with Crippen LogP contribution in [0.15, 0.2) is 5.10 Å². The summed E-state index contributed by atoms with van der Waals surface area (Å²) in [5, 5.41) is 6.66. The van der Waals surface area contributed by atoms with Crippen LogP contribution in [0.1, 0.15) is 19.8 Å². The summed E-state index contributed by atoms with van der Waals surface area (Å²) in [5.41, 5.74) is 4.93. The summed E-state index contributed by atoms with van der Waals surface area (Å²) in [6.07, 6.45) is 4.00. The maximum absolute atomic E-state index is 12.9. The molecule has 0 aromatic heterocycles. The van der Waals surface area contributed by atoms with Crippen molar-refractivity contribution in [3.8, 4) is 0 Å². The molecule has 0 spiro atoms. The van der Waals surface area contributed by atoms with E-state index < -0.39 is 39.2 Å². The quantitative estimate of drug-likeness (QED) is 0.215. The minimum Gasteiger partial charge on any atom is -0.341 e. The Hall–Kier alpha value is -1.56. The van der Waals surface area contributed by atoms with Crippen LogP contribution in [0.2, 0.25) is 0 Å². The number of carbonyl (C=O) groups is 2. The Morgan fingerprint density at radius 2 is 2.08 bits per heavy atom. The lowest BCUT2D eigenvalue weighted by Crippen LogP contribution is -2.48. The molecule has 26 heavy (non-hydrogen) atoms. The zero-order chi connectivity index (χ0) is 19.7. The van der Waals surface area contributed by atoms with E-state index in [1.165, 1.54) is 13.1 Å². The fraction of sp³-hybridized carbons (Fsp3) is 0.800. The zero-order valence-electron chi connectivity index (χ0n) is 15.3. The first-order chi connectivity index (χ1) is 12.0. The minimum absolute atomic E-state index is 0.0261. The van der Waals surface area contributed by atoms with Crippen molar-refractivity contribution >= 4 is 27.9 Å². The number of hydrazone groups is 1. The first kappa shape index (κ1) is 20.7. The van der Waals surface area contributed by atoms with Crippen LogP contribution in [0.25, 0.3) is 0 Å². The van der Waals surface area contributed by atoms with Crippen LogP contribution in [0.4, 0.5) is 0 Å². The van der Waals surface area contributed by atoms with Crippen molar-refractivity contribution in [1.82, 2.24) is 14.9 Å². The van der Waals surface area contributed by atoms with Crippen molar-refractivity contribution in [1.29, 1.82) is 0 Å². The van der Waals surface area contributed by atoms with E-state index in [-0.39, 0.29) is 11.9 Å². The summed E-state index contributed by atoms with van der Waals surface area (Å²) in [5.74, 6) is 2.82. The molecule has 0 bridgehead atoms. The molecule has 10 nitrogen and oxygen atoms in total. The number of nitrogens with zero attached hydrogens (tertiary/aromatic N) is 2. The van der Waals surface area contributed by atoms with Crippen LogP contribution in [-0.4, -0.2) is 75.2 Å². The zero-order valence-corrected chi connectivity index (χ0v) is 16.1. The maximum Gasteiger partial charge on any atom is 0.228 e. The van der Waals surface area contributed by atoms with Gasteiger partial charge in [0.05, 0.1) is 29.7 Å². The number of nitrogens with two attached hydrogens (primary N) is 2. The molecular formula is C15H28N6O4S. The normalized spacial score (nSPS) is 33.0.